The van der Waals surface area contributed by atoms with Gasteiger partial charge in [-0.25, -0.2) is 4.79 Å². The molecule has 4 aromatic rings. The number of halogens is 3. The SMILES string of the molecule is CC(C)(C)OC(=O)N1CC[C@@H]1COc1cnccc1-c1[nH]c2cccnc2c1-c1cccc(C(F)(F)F)c1. The molecule has 3 aromatic heterocycles. The van der Waals surface area contributed by atoms with Crippen LogP contribution in [0.4, 0.5) is 18.0 Å². The minimum Gasteiger partial charge on any atom is -0.489 e. The number of benzene rings is 1. The van der Waals surface area contributed by atoms with Crippen LogP contribution in [0.25, 0.3) is 33.4 Å². The molecule has 4 heterocycles. The van der Waals surface area contributed by atoms with Crippen molar-refractivity contribution < 1.29 is 27.4 Å². The number of alkyl halides is 3. The Morgan fingerprint density at radius 2 is 1.95 bits per heavy atom. The number of aromatic amines is 1. The standard InChI is InChI=1S/C28H27F3N4O3/c1-27(2,3)38-26(36)35-13-10-19(35)16-37-22-15-32-12-9-20(22)24-23(25-21(34-24)8-5-11-33-25)17-6-4-7-18(14-17)28(29,30)31/h4-9,11-12,14-15,19,34H,10,13,16H2,1-3H3/t19-/m1/s1. The highest BCUT2D eigenvalue weighted by Crippen LogP contribution is 2.42. The third-order valence-corrected chi connectivity index (χ3v) is 6.29. The number of amides is 1. The van der Waals surface area contributed by atoms with Gasteiger partial charge in [0.05, 0.1) is 34.5 Å². The van der Waals surface area contributed by atoms with Gasteiger partial charge in [0.1, 0.15) is 18.0 Å². The van der Waals surface area contributed by atoms with Crippen LogP contribution < -0.4 is 4.74 Å². The average molecular weight is 525 g/mol. The molecule has 0 bridgehead atoms. The quantitative estimate of drug-likeness (QED) is 0.314. The van der Waals surface area contributed by atoms with Gasteiger partial charge in [-0.3, -0.25) is 9.97 Å². The molecule has 1 amide bonds. The molecule has 1 aliphatic heterocycles. The molecular weight excluding hydrogens is 497 g/mol. The molecule has 1 aromatic carbocycles. The highest BCUT2D eigenvalue weighted by atomic mass is 19.4. The van der Waals surface area contributed by atoms with Gasteiger partial charge in [0.2, 0.25) is 0 Å². The van der Waals surface area contributed by atoms with Crippen molar-refractivity contribution in [1.29, 1.82) is 0 Å². The maximum Gasteiger partial charge on any atom is 0.416 e. The number of carbonyl (C=O) groups is 1. The number of nitrogens with one attached hydrogen (secondary N) is 1. The predicted molar refractivity (Wildman–Crippen MR) is 137 cm³/mol. The summed E-state index contributed by atoms with van der Waals surface area (Å²) in [5, 5.41) is 0. The van der Waals surface area contributed by atoms with E-state index >= 15 is 0 Å². The first-order chi connectivity index (χ1) is 18.0. The van der Waals surface area contributed by atoms with Crippen LogP contribution in [-0.2, 0) is 10.9 Å². The number of aromatic nitrogens is 3. The van der Waals surface area contributed by atoms with Gasteiger partial charge in [-0.1, -0.05) is 12.1 Å². The first-order valence-electron chi connectivity index (χ1n) is 12.2. The zero-order chi connectivity index (χ0) is 27.1. The molecule has 1 saturated heterocycles. The Morgan fingerprint density at radius 3 is 2.66 bits per heavy atom. The summed E-state index contributed by atoms with van der Waals surface area (Å²) < 4.78 is 52.2. The molecule has 198 valence electrons. The topological polar surface area (TPSA) is 80.3 Å². The molecule has 7 nitrogen and oxygen atoms in total. The minimum absolute atomic E-state index is 0.162. The zero-order valence-corrected chi connectivity index (χ0v) is 21.2. The number of nitrogens with zero attached hydrogens (tertiary/aromatic N) is 3. The van der Waals surface area contributed by atoms with Crippen molar-refractivity contribution in [2.45, 2.75) is 45.0 Å². The van der Waals surface area contributed by atoms with E-state index in [2.05, 4.69) is 15.0 Å². The number of rotatable bonds is 5. The lowest BCUT2D eigenvalue weighted by molar-refractivity contribution is -0.137. The van der Waals surface area contributed by atoms with Crippen molar-refractivity contribution in [2.75, 3.05) is 13.2 Å². The van der Waals surface area contributed by atoms with Crippen molar-refractivity contribution in [1.82, 2.24) is 19.9 Å². The first kappa shape index (κ1) is 25.6. The van der Waals surface area contributed by atoms with Gasteiger partial charge in [0.25, 0.3) is 0 Å². The van der Waals surface area contributed by atoms with Crippen molar-refractivity contribution in [2.24, 2.45) is 0 Å². The molecule has 10 heteroatoms. The van der Waals surface area contributed by atoms with E-state index in [0.717, 1.165) is 18.6 Å². The Bertz CT molecular complexity index is 1480. The molecule has 1 N–H and O–H groups in total. The van der Waals surface area contributed by atoms with Gasteiger partial charge in [-0.15, -0.1) is 0 Å². The van der Waals surface area contributed by atoms with E-state index < -0.39 is 23.4 Å². The fourth-order valence-corrected chi connectivity index (χ4v) is 4.42. The predicted octanol–water partition coefficient (Wildman–Crippen LogP) is 6.70. The number of ether oxygens (including phenoxy) is 2. The number of pyridine rings is 2. The average Bonchev–Trinajstić information content (AvgIpc) is 3.21. The molecular formula is C28H27F3N4O3. The lowest BCUT2D eigenvalue weighted by atomic mass is 9.98. The van der Waals surface area contributed by atoms with Gasteiger partial charge < -0.3 is 19.4 Å². The second-order valence-corrected chi connectivity index (χ2v) is 10.2. The Balaban J connectivity index is 1.49. The van der Waals surface area contributed by atoms with Crippen LogP contribution in [0.2, 0.25) is 0 Å². The Kier molecular flexibility index (Phi) is 6.50. The van der Waals surface area contributed by atoms with Crippen LogP contribution in [0.1, 0.15) is 32.8 Å². The number of H-pyrrole nitrogens is 1. The second-order valence-electron chi connectivity index (χ2n) is 10.2. The lowest BCUT2D eigenvalue weighted by Crippen LogP contribution is -2.55. The maximum absolute atomic E-state index is 13.5. The van der Waals surface area contributed by atoms with Gasteiger partial charge in [0, 0.05) is 30.1 Å². The molecule has 5 rings (SSSR count). The monoisotopic (exact) mass is 524 g/mol. The van der Waals surface area contributed by atoms with E-state index in [0.29, 0.717) is 45.7 Å². The van der Waals surface area contributed by atoms with Crippen molar-refractivity contribution in [3.05, 3.63) is 66.6 Å². The molecule has 38 heavy (non-hydrogen) atoms. The van der Waals surface area contributed by atoms with Gasteiger partial charge in [-0.2, -0.15) is 13.2 Å². The summed E-state index contributed by atoms with van der Waals surface area (Å²) >= 11 is 0. The summed E-state index contributed by atoms with van der Waals surface area (Å²) in [6, 6.07) is 10.3. The molecule has 0 radical (unpaired) electrons. The van der Waals surface area contributed by atoms with E-state index in [1.807, 2.05) is 26.8 Å². The van der Waals surface area contributed by atoms with Crippen molar-refractivity contribution in [3.8, 4) is 28.1 Å². The van der Waals surface area contributed by atoms with Gasteiger partial charge in [0.15, 0.2) is 0 Å². The van der Waals surface area contributed by atoms with Crippen LogP contribution in [0.15, 0.2) is 61.1 Å². The van der Waals surface area contributed by atoms with E-state index in [1.54, 1.807) is 41.7 Å². The number of fused-ring (bicyclic) bond motifs is 1. The zero-order valence-electron chi connectivity index (χ0n) is 21.2. The Morgan fingerprint density at radius 1 is 1.13 bits per heavy atom. The summed E-state index contributed by atoms with van der Waals surface area (Å²) in [6.45, 7) is 6.24. The van der Waals surface area contributed by atoms with Crippen molar-refractivity contribution in [3.63, 3.8) is 0 Å². The fourth-order valence-electron chi connectivity index (χ4n) is 4.42. The number of hydrogen-bond donors (Lipinski definition) is 1. The lowest BCUT2D eigenvalue weighted by Gasteiger charge is -2.41. The van der Waals surface area contributed by atoms with E-state index in [4.69, 9.17) is 9.47 Å². The molecule has 0 spiro atoms. The van der Waals surface area contributed by atoms with Crippen LogP contribution in [0.3, 0.4) is 0 Å². The molecule has 1 aliphatic rings. The molecule has 0 saturated carbocycles. The third-order valence-electron chi connectivity index (χ3n) is 6.29. The molecule has 1 atom stereocenters. The van der Waals surface area contributed by atoms with E-state index in [1.165, 1.54) is 6.07 Å². The van der Waals surface area contributed by atoms with Crippen LogP contribution in [0.5, 0.6) is 5.75 Å². The molecule has 0 aliphatic carbocycles. The number of hydrogen-bond acceptors (Lipinski definition) is 5. The number of carbonyl (C=O) groups excluding carboxylic acids is 1. The Hall–Kier alpha value is -4.08. The maximum atomic E-state index is 13.5. The third kappa shape index (κ3) is 5.16. The summed E-state index contributed by atoms with van der Waals surface area (Å²) in [5.41, 5.74) is 1.95. The Labute approximate surface area is 217 Å². The number of likely N-dealkylation sites (tertiary alicyclic amines) is 1. The largest absolute Gasteiger partial charge is 0.489 e. The summed E-state index contributed by atoms with van der Waals surface area (Å²) in [4.78, 5) is 26.1. The highest BCUT2D eigenvalue weighted by Gasteiger charge is 2.36. The second kappa shape index (κ2) is 9.66. The van der Waals surface area contributed by atoms with Crippen LogP contribution >= 0.6 is 0 Å². The van der Waals surface area contributed by atoms with Gasteiger partial charge in [-0.05, 0) is 63.1 Å². The molecule has 0 unspecified atom stereocenters. The summed E-state index contributed by atoms with van der Waals surface area (Å²) in [7, 11) is 0. The van der Waals surface area contributed by atoms with Crippen molar-refractivity contribution >= 4 is 17.1 Å². The molecule has 1 fully saturated rings. The van der Waals surface area contributed by atoms with Crippen LogP contribution in [-0.4, -0.2) is 50.7 Å². The smallest absolute Gasteiger partial charge is 0.416 e. The minimum atomic E-state index is -4.48. The summed E-state index contributed by atoms with van der Waals surface area (Å²) in [6.07, 6.45) is 0.637. The van der Waals surface area contributed by atoms with E-state index in [-0.39, 0.29) is 12.6 Å². The highest BCUT2D eigenvalue weighted by molar-refractivity contribution is 6.02. The van der Waals surface area contributed by atoms with Gasteiger partial charge >= 0.3 is 12.3 Å². The van der Waals surface area contributed by atoms with E-state index in [9.17, 15) is 18.0 Å². The first-order valence-corrected chi connectivity index (χ1v) is 12.2. The van der Waals surface area contributed by atoms with Crippen LogP contribution in [0, 0.1) is 0 Å². The normalized spacial score (nSPS) is 15.8. The fraction of sp³-hybridized carbons (Fsp3) is 0.321. The summed E-state index contributed by atoms with van der Waals surface area (Å²) in [5.74, 6) is 0.434.